The molecule has 4 nitrogen and oxygen atoms in total. The summed E-state index contributed by atoms with van der Waals surface area (Å²) in [5, 5.41) is 0. The van der Waals surface area contributed by atoms with Crippen molar-refractivity contribution in [3.05, 3.63) is 70.6 Å². The highest BCUT2D eigenvalue weighted by Crippen LogP contribution is 2.36. The Morgan fingerprint density at radius 1 is 0.781 bits per heavy atom. The molecular weight excluding hydrogens is 392 g/mol. The van der Waals surface area contributed by atoms with Crippen molar-refractivity contribution in [2.75, 3.05) is 0 Å². The van der Waals surface area contributed by atoms with Gasteiger partial charge in [0.15, 0.2) is 0 Å². The minimum Gasteiger partial charge on any atom is -0.346 e. The number of nitrogens with zero attached hydrogens (tertiary/aromatic N) is 2. The van der Waals surface area contributed by atoms with Gasteiger partial charge in [-0.25, -0.2) is 9.97 Å². The van der Waals surface area contributed by atoms with Crippen LogP contribution >= 0.6 is 0 Å². The first-order valence-electron chi connectivity index (χ1n) is 11.8. The minimum atomic E-state index is 0.418. The number of hydrogen-bond donors (Lipinski definition) is 2. The Labute approximate surface area is 191 Å². The van der Waals surface area contributed by atoms with Crippen molar-refractivity contribution in [1.82, 2.24) is 19.9 Å². The lowest BCUT2D eigenvalue weighted by molar-refractivity contribution is 0.787. The molecule has 0 radical (unpaired) electrons. The molecule has 2 aromatic carbocycles. The maximum Gasteiger partial charge on any atom is 0.109 e. The topological polar surface area (TPSA) is 57.4 Å². The smallest absolute Gasteiger partial charge is 0.109 e. The molecule has 0 saturated carbocycles. The van der Waals surface area contributed by atoms with Crippen LogP contribution in [0.5, 0.6) is 0 Å². The normalized spacial score (nSPS) is 12.2. The third kappa shape index (κ3) is 3.90. The zero-order chi connectivity index (χ0) is 23.0. The Hall–Kier alpha value is -3.14. The average Bonchev–Trinajstić information content (AvgIpc) is 3.37. The molecule has 0 unspecified atom stereocenters. The second-order valence-electron chi connectivity index (χ2n) is 8.80. The van der Waals surface area contributed by atoms with Crippen LogP contribution < -0.4 is 0 Å². The number of H-pyrrole nitrogens is 2. The fourth-order valence-corrected chi connectivity index (χ4v) is 4.56. The van der Waals surface area contributed by atoms with Gasteiger partial charge in [-0.1, -0.05) is 64.1 Å². The predicted octanol–water partition coefficient (Wildman–Crippen LogP) is 7.31. The molecule has 0 saturated heterocycles. The number of imidazole rings is 2. The van der Waals surface area contributed by atoms with E-state index in [2.05, 4.69) is 79.0 Å². The third-order valence-corrected chi connectivity index (χ3v) is 6.17. The summed E-state index contributed by atoms with van der Waals surface area (Å²) in [5.74, 6) is 2.47. The van der Waals surface area contributed by atoms with Gasteiger partial charge < -0.3 is 9.97 Å². The molecule has 4 heteroatoms. The first-order valence-corrected chi connectivity index (χ1v) is 11.8. The molecule has 2 N–H and O–H groups in total. The number of fused-ring (bicyclic) bond motifs is 3. The summed E-state index contributed by atoms with van der Waals surface area (Å²) in [6, 6.07) is 13.5. The molecule has 2 aromatic heterocycles. The lowest BCUT2D eigenvalue weighted by Crippen LogP contribution is -2.03. The van der Waals surface area contributed by atoms with Gasteiger partial charge >= 0.3 is 0 Å². The molecule has 1 aliphatic carbocycles. The fourth-order valence-electron chi connectivity index (χ4n) is 4.56. The van der Waals surface area contributed by atoms with Crippen molar-refractivity contribution in [1.29, 1.82) is 0 Å². The maximum absolute atomic E-state index is 4.90. The molecule has 0 atom stereocenters. The van der Waals surface area contributed by atoms with E-state index < -0.39 is 0 Å². The van der Waals surface area contributed by atoms with E-state index in [1.807, 2.05) is 20.8 Å². The first kappa shape index (κ1) is 22.1. The van der Waals surface area contributed by atoms with Crippen LogP contribution in [-0.4, -0.2) is 19.9 Å². The Balaban J connectivity index is 0.00000119. The van der Waals surface area contributed by atoms with Crippen molar-refractivity contribution in [3.8, 4) is 33.6 Å². The quantitative estimate of drug-likeness (QED) is 0.361. The molecule has 5 rings (SSSR count). The van der Waals surface area contributed by atoms with Gasteiger partial charge in [0.25, 0.3) is 0 Å². The molecule has 0 fully saturated rings. The van der Waals surface area contributed by atoms with Crippen LogP contribution in [0.4, 0.5) is 0 Å². The second kappa shape index (κ2) is 8.78. The number of benzene rings is 2. The van der Waals surface area contributed by atoms with E-state index in [0.717, 1.165) is 41.6 Å². The average molecular weight is 427 g/mol. The van der Waals surface area contributed by atoms with Crippen molar-refractivity contribution < 1.29 is 0 Å². The van der Waals surface area contributed by atoms with E-state index in [-0.39, 0.29) is 0 Å². The predicted molar refractivity (Wildman–Crippen MR) is 134 cm³/mol. The number of hydrogen-bond acceptors (Lipinski definition) is 2. The molecule has 0 aliphatic heterocycles. The summed E-state index contributed by atoms with van der Waals surface area (Å²) >= 11 is 0. The highest BCUT2D eigenvalue weighted by molar-refractivity contribution is 5.77. The van der Waals surface area contributed by atoms with Crippen molar-refractivity contribution in [2.24, 2.45) is 0 Å². The van der Waals surface area contributed by atoms with Gasteiger partial charge in [-0.15, -0.1) is 0 Å². The molecular formula is C28H34N4. The van der Waals surface area contributed by atoms with Crippen LogP contribution in [0.3, 0.4) is 0 Å². The highest BCUT2D eigenvalue weighted by Gasteiger charge is 2.22. The highest BCUT2D eigenvalue weighted by atomic mass is 14.9. The maximum atomic E-state index is 4.90. The van der Waals surface area contributed by atoms with Crippen molar-refractivity contribution in [2.45, 2.75) is 67.2 Å². The van der Waals surface area contributed by atoms with E-state index in [4.69, 9.17) is 4.98 Å². The van der Waals surface area contributed by atoms with Crippen LogP contribution in [0.25, 0.3) is 33.6 Å². The van der Waals surface area contributed by atoms with Gasteiger partial charge in [0.05, 0.1) is 11.4 Å². The van der Waals surface area contributed by atoms with Crippen molar-refractivity contribution >= 4 is 0 Å². The second-order valence-corrected chi connectivity index (χ2v) is 8.80. The molecule has 166 valence electrons. The summed E-state index contributed by atoms with van der Waals surface area (Å²) in [5.41, 5.74) is 12.2. The minimum absolute atomic E-state index is 0.418. The molecule has 0 bridgehead atoms. The van der Waals surface area contributed by atoms with E-state index in [1.165, 1.54) is 39.1 Å². The van der Waals surface area contributed by atoms with E-state index in [1.54, 1.807) is 0 Å². The van der Waals surface area contributed by atoms with Gasteiger partial charge in [0.1, 0.15) is 11.6 Å². The first-order chi connectivity index (χ1) is 15.4. The molecule has 4 aromatic rings. The van der Waals surface area contributed by atoms with Gasteiger partial charge in [0, 0.05) is 28.4 Å². The Morgan fingerprint density at radius 3 is 2.09 bits per heavy atom. The van der Waals surface area contributed by atoms with Crippen LogP contribution in [0.2, 0.25) is 0 Å². The van der Waals surface area contributed by atoms with Crippen LogP contribution in [0.15, 0.2) is 36.4 Å². The summed E-state index contributed by atoms with van der Waals surface area (Å²) < 4.78 is 0. The largest absolute Gasteiger partial charge is 0.346 e. The molecule has 2 heterocycles. The Morgan fingerprint density at radius 2 is 1.47 bits per heavy atom. The van der Waals surface area contributed by atoms with Gasteiger partial charge in [-0.05, 0) is 55.9 Å². The van der Waals surface area contributed by atoms with E-state index in [9.17, 15) is 0 Å². The zero-order valence-corrected chi connectivity index (χ0v) is 20.4. The Bertz CT molecular complexity index is 1260. The third-order valence-electron chi connectivity index (χ3n) is 6.17. The number of rotatable bonds is 3. The van der Waals surface area contributed by atoms with Gasteiger partial charge in [-0.3, -0.25) is 0 Å². The van der Waals surface area contributed by atoms with Gasteiger partial charge in [0.2, 0.25) is 0 Å². The number of aromatic amines is 2. The summed E-state index contributed by atoms with van der Waals surface area (Å²) in [7, 11) is 0. The van der Waals surface area contributed by atoms with Crippen LogP contribution in [0, 0.1) is 20.8 Å². The van der Waals surface area contributed by atoms with Crippen LogP contribution in [-0.2, 0) is 12.8 Å². The number of nitrogens with one attached hydrogen (secondary N) is 2. The Kier molecular flexibility index (Phi) is 6.05. The molecule has 1 aliphatic rings. The van der Waals surface area contributed by atoms with Gasteiger partial charge in [-0.2, -0.15) is 0 Å². The number of aryl methyl sites for hydroxylation is 5. The standard InChI is InChI=1S/C26H28N4.C2H6/c1-14(2)26-29-23-11-8-20-13-19(7-10-22(20)25(23)30-26)18-6-9-21(15(3)12-18)24-16(4)27-17(5)28-24;1-2/h6-7,9-10,12-14H,8,11H2,1-5H3,(H,27,28)(H,29,30);1-2H3. The number of aromatic nitrogens is 4. The zero-order valence-electron chi connectivity index (χ0n) is 20.4. The molecule has 0 spiro atoms. The molecule has 32 heavy (non-hydrogen) atoms. The monoisotopic (exact) mass is 426 g/mol. The van der Waals surface area contributed by atoms with Crippen LogP contribution in [0.1, 0.15) is 67.8 Å². The lowest BCUT2D eigenvalue weighted by atomic mass is 9.89. The SMILES string of the molecule is CC.Cc1nc(-c2ccc(-c3ccc4c(c3)CCc3[nH]c(C(C)C)nc3-4)cc2C)c(C)[nH]1. The fraction of sp³-hybridized carbons (Fsp3) is 0.357. The summed E-state index contributed by atoms with van der Waals surface area (Å²) in [6.45, 7) is 14.6. The van der Waals surface area contributed by atoms with Crippen molar-refractivity contribution in [3.63, 3.8) is 0 Å². The molecule has 0 amide bonds. The summed E-state index contributed by atoms with van der Waals surface area (Å²) in [6.07, 6.45) is 2.08. The van der Waals surface area contributed by atoms with E-state index in [0.29, 0.717) is 5.92 Å². The lowest BCUT2D eigenvalue weighted by Gasteiger charge is -2.17. The van der Waals surface area contributed by atoms with E-state index >= 15 is 0 Å². The summed E-state index contributed by atoms with van der Waals surface area (Å²) in [4.78, 5) is 16.4.